The van der Waals surface area contributed by atoms with E-state index in [4.69, 9.17) is 34.3 Å². The van der Waals surface area contributed by atoms with Crippen LogP contribution >= 0.6 is 23.2 Å². The molecule has 13 heteroatoms. The van der Waals surface area contributed by atoms with Gasteiger partial charge in [0.1, 0.15) is 11.6 Å². The fourth-order valence-electron chi connectivity index (χ4n) is 3.55. The Hall–Kier alpha value is -3.28. The predicted octanol–water partition coefficient (Wildman–Crippen LogP) is 4.97. The summed E-state index contributed by atoms with van der Waals surface area (Å²) in [5.74, 6) is -0.534. The molecule has 2 aromatic carbocycles. The van der Waals surface area contributed by atoms with E-state index in [1.165, 1.54) is 24.3 Å². The first-order chi connectivity index (χ1) is 17.5. The van der Waals surface area contributed by atoms with Gasteiger partial charge in [-0.2, -0.15) is 13.2 Å². The van der Waals surface area contributed by atoms with Crippen LogP contribution in [0.25, 0.3) is 0 Å². The Balaban J connectivity index is 1.80. The minimum Gasteiger partial charge on any atom is -0.508 e. The Labute approximate surface area is 221 Å². The van der Waals surface area contributed by atoms with Crippen LogP contribution in [-0.4, -0.2) is 59.9 Å². The number of rotatable bonds is 6. The third kappa shape index (κ3) is 7.85. The topological polar surface area (TPSA) is 127 Å². The lowest BCUT2D eigenvalue weighted by atomic mass is 10.0. The Kier molecular flexibility index (Phi) is 9.41. The number of halogens is 5. The molecule has 0 aromatic heterocycles. The molecule has 1 aliphatic rings. The molecule has 198 valence electrons. The van der Waals surface area contributed by atoms with Gasteiger partial charge in [0.05, 0.1) is 34.4 Å². The summed E-state index contributed by atoms with van der Waals surface area (Å²) in [6.07, 6.45) is -5.34. The number of amides is 2. The van der Waals surface area contributed by atoms with Crippen molar-refractivity contribution in [2.24, 2.45) is 10.7 Å². The van der Waals surface area contributed by atoms with E-state index in [0.717, 1.165) is 0 Å². The van der Waals surface area contributed by atoms with Gasteiger partial charge in [-0.1, -0.05) is 29.3 Å². The van der Waals surface area contributed by atoms with Crippen molar-refractivity contribution in [1.29, 1.82) is 5.41 Å². The summed E-state index contributed by atoms with van der Waals surface area (Å²) in [6.45, 7) is 0.0444. The molecule has 0 unspecified atom stereocenters. The number of alkyl halides is 3. The molecular formula is C24H25Cl2F3N6O2. The van der Waals surface area contributed by atoms with Crippen molar-refractivity contribution in [3.05, 3.63) is 69.3 Å². The third-order valence-corrected chi connectivity index (χ3v) is 6.28. The summed E-state index contributed by atoms with van der Waals surface area (Å²) in [4.78, 5) is 18.1. The Morgan fingerprint density at radius 1 is 1.22 bits per heavy atom. The average molecular weight is 557 g/mol. The number of piperidine rings is 1. The van der Waals surface area contributed by atoms with E-state index in [-0.39, 0.29) is 28.6 Å². The second kappa shape index (κ2) is 12.3. The number of benzene rings is 2. The molecule has 0 aliphatic carbocycles. The monoisotopic (exact) mass is 556 g/mol. The van der Waals surface area contributed by atoms with Crippen molar-refractivity contribution in [1.82, 2.24) is 15.5 Å². The van der Waals surface area contributed by atoms with Gasteiger partial charge in [0.2, 0.25) is 0 Å². The van der Waals surface area contributed by atoms with E-state index in [2.05, 4.69) is 15.6 Å². The highest BCUT2D eigenvalue weighted by Crippen LogP contribution is 2.32. The Morgan fingerprint density at radius 3 is 2.59 bits per heavy atom. The van der Waals surface area contributed by atoms with Gasteiger partial charge in [-0.3, -0.25) is 15.3 Å². The highest BCUT2D eigenvalue weighted by Gasteiger charge is 2.31. The predicted molar refractivity (Wildman–Crippen MR) is 138 cm³/mol. The van der Waals surface area contributed by atoms with E-state index < -0.39 is 31.0 Å². The maximum atomic E-state index is 12.9. The van der Waals surface area contributed by atoms with Crippen molar-refractivity contribution >= 4 is 46.5 Å². The first-order valence-corrected chi connectivity index (χ1v) is 11.9. The molecule has 0 radical (unpaired) electrons. The molecule has 1 heterocycles. The van der Waals surface area contributed by atoms with Crippen LogP contribution in [0.1, 0.15) is 18.4 Å². The van der Waals surface area contributed by atoms with Crippen LogP contribution < -0.4 is 16.4 Å². The SMILES string of the molecule is N=C(c1ccc(O)cc1)N(CCC(F)(F)F)C(=O)NC/C(N)=C1\CCNCC1=Nc1cccc(Cl)c1Cl. The second-order valence-electron chi connectivity index (χ2n) is 8.13. The molecule has 0 saturated carbocycles. The highest BCUT2D eigenvalue weighted by atomic mass is 35.5. The van der Waals surface area contributed by atoms with Gasteiger partial charge in [-0.25, -0.2) is 4.79 Å². The van der Waals surface area contributed by atoms with Crippen molar-refractivity contribution < 1.29 is 23.1 Å². The maximum Gasteiger partial charge on any atom is 0.390 e. The number of urea groups is 1. The fraction of sp³-hybridized carbons (Fsp3) is 0.292. The number of nitrogens with one attached hydrogen (secondary N) is 3. The lowest BCUT2D eigenvalue weighted by molar-refractivity contribution is -0.135. The molecule has 0 bridgehead atoms. The van der Waals surface area contributed by atoms with E-state index in [1.54, 1.807) is 18.2 Å². The summed E-state index contributed by atoms with van der Waals surface area (Å²) in [5.41, 5.74) is 8.42. The zero-order chi connectivity index (χ0) is 27.2. The van der Waals surface area contributed by atoms with Crippen molar-refractivity contribution in [2.75, 3.05) is 26.2 Å². The zero-order valence-electron chi connectivity index (χ0n) is 19.5. The number of hydrogen-bond donors (Lipinski definition) is 5. The average Bonchev–Trinajstić information content (AvgIpc) is 2.85. The number of phenols is 1. The summed E-state index contributed by atoms with van der Waals surface area (Å²) in [7, 11) is 0. The molecule has 2 aromatic rings. The van der Waals surface area contributed by atoms with Crippen molar-refractivity contribution in [3.63, 3.8) is 0 Å². The molecule has 1 aliphatic heterocycles. The van der Waals surface area contributed by atoms with Gasteiger partial charge < -0.3 is 21.5 Å². The minimum absolute atomic E-state index is 0.0826. The summed E-state index contributed by atoms with van der Waals surface area (Å²) >= 11 is 12.3. The molecule has 3 rings (SSSR count). The Bertz CT molecular complexity index is 1220. The summed E-state index contributed by atoms with van der Waals surface area (Å²) < 4.78 is 38.7. The standard InChI is InChI=1S/C24H25Cl2F3N6O2/c25-17-2-1-3-19(21(17)26)34-20-13-32-10-8-16(20)18(30)12-33-23(37)35(11-9-24(27,28)29)22(31)14-4-6-15(36)7-5-14/h1-7,31-32,36H,8-13,30H2,(H,33,37)/b18-16-,31-22?,34-20?. The number of nitrogens with zero attached hydrogens (tertiary/aromatic N) is 2. The quantitative estimate of drug-likeness (QED) is 0.254. The highest BCUT2D eigenvalue weighted by molar-refractivity contribution is 6.43. The largest absolute Gasteiger partial charge is 0.508 e. The molecule has 1 saturated heterocycles. The van der Waals surface area contributed by atoms with Crippen molar-refractivity contribution in [2.45, 2.75) is 19.0 Å². The van der Waals surface area contributed by atoms with E-state index in [9.17, 15) is 23.1 Å². The molecule has 8 nitrogen and oxygen atoms in total. The molecule has 0 spiro atoms. The molecule has 6 N–H and O–H groups in total. The van der Waals surface area contributed by atoms with Crippen LogP contribution in [0.15, 0.2) is 58.7 Å². The third-order valence-electron chi connectivity index (χ3n) is 5.47. The second-order valence-corrected chi connectivity index (χ2v) is 8.92. The normalized spacial score (nSPS) is 16.4. The van der Waals surface area contributed by atoms with E-state index in [0.29, 0.717) is 46.4 Å². The van der Waals surface area contributed by atoms with Crippen molar-refractivity contribution in [3.8, 4) is 5.75 Å². The van der Waals surface area contributed by atoms with Gasteiger partial charge in [0, 0.05) is 24.4 Å². The van der Waals surface area contributed by atoms with Gasteiger partial charge in [-0.15, -0.1) is 0 Å². The van der Waals surface area contributed by atoms with E-state index in [1.807, 2.05) is 0 Å². The number of nitrogens with two attached hydrogens (primary N) is 1. The van der Waals surface area contributed by atoms with Crippen LogP contribution in [0.3, 0.4) is 0 Å². The first-order valence-electron chi connectivity index (χ1n) is 11.2. The number of phenolic OH excluding ortho intramolecular Hbond substituents is 1. The smallest absolute Gasteiger partial charge is 0.390 e. The zero-order valence-corrected chi connectivity index (χ0v) is 21.0. The maximum absolute atomic E-state index is 12.9. The number of aliphatic imine (C=N–C) groups is 1. The first kappa shape index (κ1) is 28.3. The Morgan fingerprint density at radius 2 is 1.92 bits per heavy atom. The molecule has 37 heavy (non-hydrogen) atoms. The molecule has 2 amide bonds. The van der Waals surface area contributed by atoms with Gasteiger partial charge >= 0.3 is 12.2 Å². The molecule has 0 atom stereocenters. The van der Waals surface area contributed by atoms with Crippen LogP contribution in [0.5, 0.6) is 5.75 Å². The lowest BCUT2D eigenvalue weighted by Crippen LogP contribution is -2.46. The number of hydrogen-bond acceptors (Lipinski definition) is 6. The van der Waals surface area contributed by atoms with Crippen LogP contribution in [0.4, 0.5) is 23.7 Å². The molecular weight excluding hydrogens is 532 g/mol. The minimum atomic E-state index is -4.53. The van der Waals surface area contributed by atoms with Crippen LogP contribution in [0, 0.1) is 5.41 Å². The van der Waals surface area contributed by atoms with Crippen LogP contribution in [0.2, 0.25) is 10.0 Å². The van der Waals surface area contributed by atoms with Gasteiger partial charge in [0.15, 0.2) is 0 Å². The number of amidine groups is 1. The molecule has 1 fully saturated rings. The summed E-state index contributed by atoms with van der Waals surface area (Å²) in [5, 5.41) is 24.1. The number of aromatic hydroxyl groups is 1. The number of carbonyl (C=O) groups excluding carboxylic acids is 1. The lowest BCUT2D eigenvalue weighted by Gasteiger charge is -2.25. The fourth-order valence-corrected chi connectivity index (χ4v) is 3.89. The van der Waals surface area contributed by atoms with Gasteiger partial charge in [0.25, 0.3) is 0 Å². The van der Waals surface area contributed by atoms with Crippen LogP contribution in [-0.2, 0) is 0 Å². The number of carbonyl (C=O) groups is 1. The summed E-state index contributed by atoms with van der Waals surface area (Å²) in [6, 6.07) is 9.33. The van der Waals surface area contributed by atoms with E-state index >= 15 is 0 Å². The van der Waals surface area contributed by atoms with Gasteiger partial charge in [-0.05, 0) is 54.9 Å².